The van der Waals surface area contributed by atoms with Crippen molar-refractivity contribution < 1.29 is 19.0 Å². The Kier molecular flexibility index (Phi) is 5.49. The lowest BCUT2D eigenvalue weighted by Gasteiger charge is -2.25. The smallest absolute Gasteiger partial charge is 0.335 e. The van der Waals surface area contributed by atoms with Crippen LogP contribution in [0, 0.1) is 0 Å². The number of hydrogen-bond acceptors (Lipinski definition) is 4. The van der Waals surface area contributed by atoms with Crippen molar-refractivity contribution in [3.8, 4) is 0 Å². The van der Waals surface area contributed by atoms with Crippen molar-refractivity contribution in [3.05, 3.63) is 11.6 Å². The number of esters is 1. The summed E-state index contributed by atoms with van der Waals surface area (Å²) in [4.78, 5) is 11.6. The van der Waals surface area contributed by atoms with Crippen molar-refractivity contribution in [2.75, 3.05) is 13.7 Å². The van der Waals surface area contributed by atoms with E-state index in [1.807, 2.05) is 13.0 Å². The number of hydrogen-bond donors (Lipinski definition) is 0. The highest BCUT2D eigenvalue weighted by Gasteiger charge is 2.28. The first-order chi connectivity index (χ1) is 7.67. The Balaban J connectivity index is 2.42. The average molecular weight is 228 g/mol. The van der Waals surface area contributed by atoms with E-state index >= 15 is 0 Å². The van der Waals surface area contributed by atoms with Gasteiger partial charge in [0.25, 0.3) is 0 Å². The largest absolute Gasteiger partial charge is 0.464 e. The van der Waals surface area contributed by atoms with Crippen LogP contribution >= 0.6 is 0 Å². The molecule has 0 aromatic rings. The van der Waals surface area contributed by atoms with Crippen LogP contribution in [-0.2, 0) is 19.0 Å². The highest BCUT2D eigenvalue weighted by atomic mass is 16.7. The van der Waals surface area contributed by atoms with Crippen molar-refractivity contribution >= 4 is 5.97 Å². The van der Waals surface area contributed by atoms with Gasteiger partial charge in [-0.05, 0) is 19.4 Å². The van der Waals surface area contributed by atoms with Crippen LogP contribution in [0.1, 0.15) is 33.1 Å². The normalized spacial score (nSPS) is 25.1. The van der Waals surface area contributed by atoms with E-state index < -0.39 is 12.4 Å². The number of rotatable bonds is 5. The zero-order chi connectivity index (χ0) is 12.0. The van der Waals surface area contributed by atoms with Crippen molar-refractivity contribution in [1.29, 1.82) is 0 Å². The van der Waals surface area contributed by atoms with Crippen LogP contribution in [0.25, 0.3) is 0 Å². The maximum absolute atomic E-state index is 11.6. The summed E-state index contributed by atoms with van der Waals surface area (Å²) in [5.41, 5.74) is 1.09. The molecular formula is C12H20O4. The first-order valence-corrected chi connectivity index (χ1v) is 5.69. The number of carbonyl (C=O) groups is 1. The molecule has 0 aromatic heterocycles. The molecule has 0 spiro atoms. The molecule has 1 rings (SSSR count). The van der Waals surface area contributed by atoms with E-state index in [2.05, 4.69) is 6.92 Å². The predicted molar refractivity (Wildman–Crippen MR) is 59.9 cm³/mol. The third-order valence-electron chi connectivity index (χ3n) is 2.46. The maximum Gasteiger partial charge on any atom is 0.335 e. The molecule has 0 N–H and O–H groups in total. The summed E-state index contributed by atoms with van der Waals surface area (Å²) in [6, 6.07) is 0. The number of ether oxygens (including phenoxy) is 3. The molecule has 0 fully saturated rings. The zero-order valence-corrected chi connectivity index (χ0v) is 10.2. The monoisotopic (exact) mass is 228 g/mol. The van der Waals surface area contributed by atoms with Crippen LogP contribution in [0.15, 0.2) is 11.6 Å². The van der Waals surface area contributed by atoms with Crippen molar-refractivity contribution in [2.45, 2.75) is 45.5 Å². The maximum atomic E-state index is 11.6. The third kappa shape index (κ3) is 3.94. The molecule has 4 heteroatoms. The molecule has 0 bridgehead atoms. The Labute approximate surface area is 96.6 Å². The molecule has 1 heterocycles. The molecule has 0 aromatic carbocycles. The lowest BCUT2D eigenvalue weighted by molar-refractivity contribution is -0.179. The van der Waals surface area contributed by atoms with Gasteiger partial charge in [-0.3, -0.25) is 0 Å². The van der Waals surface area contributed by atoms with E-state index in [-0.39, 0.29) is 5.97 Å². The van der Waals surface area contributed by atoms with Crippen molar-refractivity contribution in [2.24, 2.45) is 0 Å². The highest BCUT2D eigenvalue weighted by Crippen LogP contribution is 2.20. The highest BCUT2D eigenvalue weighted by molar-refractivity contribution is 5.75. The third-order valence-corrected chi connectivity index (χ3v) is 2.46. The lowest BCUT2D eigenvalue weighted by atomic mass is 10.1. The van der Waals surface area contributed by atoms with Gasteiger partial charge in [0.05, 0.1) is 6.61 Å². The number of carbonyl (C=O) groups excluding carboxylic acids is 1. The molecule has 1 aliphatic rings. The van der Waals surface area contributed by atoms with Gasteiger partial charge < -0.3 is 14.2 Å². The standard InChI is InChI=1S/C12H20O4/c1-4-5-6-15-12(13)10-7-9(2)8-11(14-3)16-10/h8,10-11H,4-7H2,1-3H3. The first-order valence-electron chi connectivity index (χ1n) is 5.69. The summed E-state index contributed by atoms with van der Waals surface area (Å²) >= 11 is 0. The molecule has 0 saturated heterocycles. The second kappa shape index (κ2) is 6.66. The van der Waals surface area contributed by atoms with Gasteiger partial charge in [-0.15, -0.1) is 0 Å². The fraction of sp³-hybridized carbons (Fsp3) is 0.750. The SMILES string of the molecule is CCCCOC(=O)C1CC(C)=CC(OC)O1. The molecule has 0 saturated carbocycles. The molecule has 2 unspecified atom stereocenters. The van der Waals surface area contributed by atoms with Crippen molar-refractivity contribution in [3.63, 3.8) is 0 Å². The van der Waals surface area contributed by atoms with Gasteiger partial charge in [0.1, 0.15) is 0 Å². The summed E-state index contributed by atoms with van der Waals surface area (Å²) in [7, 11) is 1.55. The summed E-state index contributed by atoms with van der Waals surface area (Å²) in [5.74, 6) is -0.289. The van der Waals surface area contributed by atoms with Gasteiger partial charge in [0, 0.05) is 13.5 Å². The minimum Gasteiger partial charge on any atom is -0.464 e. The van der Waals surface area contributed by atoms with Crippen LogP contribution in [0.4, 0.5) is 0 Å². The zero-order valence-electron chi connectivity index (χ0n) is 10.2. The molecule has 0 aliphatic carbocycles. The van der Waals surface area contributed by atoms with E-state index in [1.165, 1.54) is 0 Å². The molecule has 0 radical (unpaired) electrons. The van der Waals surface area contributed by atoms with E-state index in [0.29, 0.717) is 13.0 Å². The average Bonchev–Trinajstić information content (AvgIpc) is 2.28. The summed E-state index contributed by atoms with van der Waals surface area (Å²) in [6.07, 6.45) is 3.41. The van der Waals surface area contributed by atoms with E-state index in [9.17, 15) is 4.79 Å². The molecule has 92 valence electrons. The first kappa shape index (κ1) is 13.2. The fourth-order valence-corrected chi connectivity index (χ4v) is 1.51. The van der Waals surface area contributed by atoms with Crippen LogP contribution in [0.3, 0.4) is 0 Å². The van der Waals surface area contributed by atoms with E-state index in [4.69, 9.17) is 14.2 Å². The second-order valence-corrected chi connectivity index (χ2v) is 3.97. The summed E-state index contributed by atoms with van der Waals surface area (Å²) < 4.78 is 15.6. The quantitative estimate of drug-likeness (QED) is 0.410. The Morgan fingerprint density at radius 1 is 1.62 bits per heavy atom. The molecule has 1 aliphatic heterocycles. The number of methoxy groups -OCH3 is 1. The van der Waals surface area contributed by atoms with Crippen LogP contribution in [0.5, 0.6) is 0 Å². The van der Waals surface area contributed by atoms with E-state index in [0.717, 1.165) is 18.4 Å². The van der Waals surface area contributed by atoms with Crippen LogP contribution in [-0.4, -0.2) is 32.1 Å². The summed E-state index contributed by atoms with van der Waals surface area (Å²) in [6.45, 7) is 4.48. The molecule has 16 heavy (non-hydrogen) atoms. The summed E-state index contributed by atoms with van der Waals surface area (Å²) in [5, 5.41) is 0. The van der Waals surface area contributed by atoms with Crippen LogP contribution in [0.2, 0.25) is 0 Å². The van der Waals surface area contributed by atoms with Gasteiger partial charge in [0.15, 0.2) is 12.4 Å². The Morgan fingerprint density at radius 2 is 2.38 bits per heavy atom. The van der Waals surface area contributed by atoms with Gasteiger partial charge in [-0.1, -0.05) is 18.9 Å². The Bertz CT molecular complexity index is 260. The topological polar surface area (TPSA) is 44.8 Å². The van der Waals surface area contributed by atoms with Gasteiger partial charge in [0.2, 0.25) is 0 Å². The second-order valence-electron chi connectivity index (χ2n) is 3.97. The van der Waals surface area contributed by atoms with E-state index in [1.54, 1.807) is 7.11 Å². The van der Waals surface area contributed by atoms with Crippen LogP contribution < -0.4 is 0 Å². The minimum absolute atomic E-state index is 0.289. The van der Waals surface area contributed by atoms with Crippen molar-refractivity contribution in [1.82, 2.24) is 0 Å². The predicted octanol–water partition coefficient (Wildman–Crippen LogP) is 2.04. The molecular weight excluding hydrogens is 208 g/mol. The van der Waals surface area contributed by atoms with Gasteiger partial charge >= 0.3 is 5.97 Å². The minimum atomic E-state index is -0.521. The number of unbranched alkanes of at least 4 members (excludes halogenated alkanes) is 1. The molecule has 0 amide bonds. The van der Waals surface area contributed by atoms with Gasteiger partial charge in [-0.25, -0.2) is 4.79 Å². The Hall–Kier alpha value is -0.870. The fourth-order valence-electron chi connectivity index (χ4n) is 1.51. The van der Waals surface area contributed by atoms with Gasteiger partial charge in [-0.2, -0.15) is 0 Å². The molecule has 2 atom stereocenters. The molecule has 4 nitrogen and oxygen atoms in total. The lowest BCUT2D eigenvalue weighted by Crippen LogP contribution is -2.34. The Morgan fingerprint density at radius 3 is 3.00 bits per heavy atom.